The summed E-state index contributed by atoms with van der Waals surface area (Å²) in [5, 5.41) is 8.42. The van der Waals surface area contributed by atoms with Crippen LogP contribution in [-0.2, 0) is 19.7 Å². The summed E-state index contributed by atoms with van der Waals surface area (Å²) in [4.78, 5) is 0. The zero-order chi connectivity index (χ0) is 14.3. The van der Waals surface area contributed by atoms with Gasteiger partial charge in [-0.15, -0.1) is 5.26 Å². The van der Waals surface area contributed by atoms with Gasteiger partial charge in [0.25, 0.3) is 6.26 Å². The molecular weight excluding hydrogens is 262 g/mol. The fraction of sp³-hybridized carbons (Fsp3) is 0.462. The molecule has 1 aromatic rings. The number of hydrogen-bond donors (Lipinski definition) is 0. The molecule has 0 saturated carbocycles. The summed E-state index contributed by atoms with van der Waals surface area (Å²) in [6.07, 6.45) is 2.42. The van der Waals surface area contributed by atoms with Gasteiger partial charge in [-0.05, 0) is 24.1 Å². The first kappa shape index (κ1) is 15.7. The van der Waals surface area contributed by atoms with Gasteiger partial charge >= 0.3 is 8.80 Å². The average Bonchev–Trinajstić information content (AvgIpc) is 2.44. The van der Waals surface area contributed by atoms with E-state index in [4.69, 9.17) is 23.3 Å². The van der Waals surface area contributed by atoms with Crippen LogP contribution in [0, 0.1) is 11.5 Å². The maximum absolute atomic E-state index is 8.42. The minimum atomic E-state index is -2.62. The Morgan fingerprint density at radius 2 is 1.63 bits per heavy atom. The van der Waals surface area contributed by atoms with Gasteiger partial charge in [-0.3, -0.25) is 0 Å². The van der Waals surface area contributed by atoms with E-state index in [0.29, 0.717) is 5.75 Å². The molecule has 6 heteroatoms. The molecule has 104 valence electrons. The van der Waals surface area contributed by atoms with E-state index in [1.807, 2.05) is 19.1 Å². The fourth-order valence-corrected chi connectivity index (χ4v) is 4.27. The van der Waals surface area contributed by atoms with Gasteiger partial charge in [-0.1, -0.05) is 19.1 Å². The Labute approximate surface area is 115 Å². The van der Waals surface area contributed by atoms with Crippen LogP contribution in [0.15, 0.2) is 24.3 Å². The first-order valence-electron chi connectivity index (χ1n) is 5.92. The van der Waals surface area contributed by atoms with Gasteiger partial charge in [-0.25, -0.2) is 0 Å². The van der Waals surface area contributed by atoms with E-state index in [9.17, 15) is 0 Å². The average molecular weight is 281 g/mol. The summed E-state index contributed by atoms with van der Waals surface area (Å²) in [6.45, 7) is 2.04. The first-order chi connectivity index (χ1) is 9.11. The molecule has 0 heterocycles. The first-order valence-corrected chi connectivity index (χ1v) is 7.72. The molecule has 0 radical (unpaired) electrons. The van der Waals surface area contributed by atoms with Crippen LogP contribution < -0.4 is 4.74 Å². The number of hydrogen-bond acceptors (Lipinski definition) is 5. The molecule has 1 unspecified atom stereocenters. The molecule has 5 nitrogen and oxygen atoms in total. The molecule has 0 saturated heterocycles. The third-order valence-electron chi connectivity index (χ3n) is 3.09. The van der Waals surface area contributed by atoms with Crippen LogP contribution in [0.5, 0.6) is 5.75 Å². The van der Waals surface area contributed by atoms with Gasteiger partial charge in [0.15, 0.2) is 0 Å². The van der Waals surface area contributed by atoms with Gasteiger partial charge in [0.05, 0.1) is 0 Å². The molecule has 0 amide bonds. The molecule has 0 spiro atoms. The molecule has 0 aliphatic rings. The zero-order valence-corrected chi connectivity index (χ0v) is 12.7. The minimum Gasteiger partial charge on any atom is -0.388 e. The van der Waals surface area contributed by atoms with Gasteiger partial charge in [0.2, 0.25) is 0 Å². The summed E-state index contributed by atoms with van der Waals surface area (Å²) in [5.41, 5.74) is 1.25. The van der Waals surface area contributed by atoms with Gasteiger partial charge in [0, 0.05) is 26.9 Å². The van der Waals surface area contributed by atoms with Crippen molar-refractivity contribution in [1.82, 2.24) is 0 Å². The number of nitrogens with zero attached hydrogens (tertiary/aromatic N) is 1. The van der Waals surface area contributed by atoms with Crippen LogP contribution in [0.25, 0.3) is 0 Å². The lowest BCUT2D eigenvalue weighted by Gasteiger charge is -2.30. The Hall–Kier alpha value is -1.39. The lowest BCUT2D eigenvalue weighted by atomic mass is 10.1. The van der Waals surface area contributed by atoms with Crippen molar-refractivity contribution in [2.45, 2.75) is 18.9 Å². The zero-order valence-electron chi connectivity index (χ0n) is 11.7. The Kier molecular flexibility index (Phi) is 5.98. The molecule has 0 aromatic heterocycles. The lowest BCUT2D eigenvalue weighted by Crippen LogP contribution is -2.47. The van der Waals surface area contributed by atoms with Crippen LogP contribution in [0.4, 0.5) is 0 Å². The summed E-state index contributed by atoms with van der Waals surface area (Å²) in [6, 6.07) is 7.37. The largest absolute Gasteiger partial charge is 0.503 e. The van der Waals surface area contributed by atoms with E-state index < -0.39 is 8.80 Å². The number of rotatable bonds is 7. The van der Waals surface area contributed by atoms with Crippen molar-refractivity contribution in [2.24, 2.45) is 0 Å². The highest BCUT2D eigenvalue weighted by Crippen LogP contribution is 2.28. The van der Waals surface area contributed by atoms with E-state index in [-0.39, 0.29) is 5.54 Å². The highest BCUT2D eigenvalue weighted by molar-refractivity contribution is 6.62. The van der Waals surface area contributed by atoms with E-state index in [1.165, 1.54) is 0 Å². The molecule has 1 rings (SSSR count). The monoisotopic (exact) mass is 281 g/mol. The Morgan fingerprint density at radius 1 is 1.11 bits per heavy atom. The van der Waals surface area contributed by atoms with Crippen LogP contribution in [0.2, 0.25) is 5.54 Å². The normalized spacial score (nSPS) is 12.8. The van der Waals surface area contributed by atoms with E-state index in [0.717, 1.165) is 12.0 Å². The summed E-state index contributed by atoms with van der Waals surface area (Å²) in [7, 11) is 2.22. The maximum atomic E-state index is 8.42. The van der Waals surface area contributed by atoms with Crippen molar-refractivity contribution < 1.29 is 18.0 Å². The second-order valence-corrected chi connectivity index (χ2v) is 7.58. The Bertz CT molecular complexity index is 417. The van der Waals surface area contributed by atoms with Gasteiger partial charge in [0.1, 0.15) is 5.75 Å². The van der Waals surface area contributed by atoms with Crippen molar-refractivity contribution in [1.29, 1.82) is 5.26 Å². The Balaban J connectivity index is 2.75. The van der Waals surface area contributed by atoms with Crippen molar-refractivity contribution in [3.05, 3.63) is 29.8 Å². The van der Waals surface area contributed by atoms with Crippen LogP contribution in [0.1, 0.15) is 12.5 Å². The van der Waals surface area contributed by atoms with Crippen molar-refractivity contribution in [2.75, 3.05) is 21.3 Å². The predicted octanol–water partition coefficient (Wildman–Crippen LogP) is 2.36. The SMILES string of the molecule is CO[Si](OC)(OC)C(C)Cc1ccc(OC#N)cc1. The van der Waals surface area contributed by atoms with Crippen molar-refractivity contribution in [3.63, 3.8) is 0 Å². The van der Waals surface area contributed by atoms with E-state index >= 15 is 0 Å². The number of nitriles is 1. The standard InChI is InChI=1S/C13H19NO4Si/c1-11(19(15-2,16-3)17-4)9-12-5-7-13(8-6-12)18-10-14/h5-8,11H,9H2,1-4H3. The second-order valence-electron chi connectivity index (χ2n) is 4.16. The molecular formula is C13H19NO4Si. The molecule has 0 aliphatic carbocycles. The highest BCUT2D eigenvalue weighted by Gasteiger charge is 2.44. The van der Waals surface area contributed by atoms with Crippen LogP contribution >= 0.6 is 0 Å². The van der Waals surface area contributed by atoms with Crippen LogP contribution in [-0.4, -0.2) is 30.1 Å². The summed E-state index contributed by atoms with van der Waals surface area (Å²) < 4.78 is 21.1. The minimum absolute atomic E-state index is 0.134. The molecule has 1 atom stereocenters. The van der Waals surface area contributed by atoms with E-state index in [1.54, 1.807) is 39.7 Å². The molecule has 0 N–H and O–H groups in total. The highest BCUT2D eigenvalue weighted by atomic mass is 28.4. The fourth-order valence-electron chi connectivity index (χ4n) is 2.08. The van der Waals surface area contributed by atoms with Crippen molar-refractivity contribution >= 4 is 8.80 Å². The molecule has 0 fully saturated rings. The van der Waals surface area contributed by atoms with Crippen molar-refractivity contribution in [3.8, 4) is 12.0 Å². The molecule has 0 bridgehead atoms. The third kappa shape index (κ3) is 3.78. The molecule has 1 aromatic carbocycles. The summed E-state index contributed by atoms with van der Waals surface area (Å²) in [5.74, 6) is 0.535. The number of ether oxygens (including phenoxy) is 1. The lowest BCUT2D eigenvalue weighted by molar-refractivity contribution is 0.113. The summed E-state index contributed by atoms with van der Waals surface area (Å²) >= 11 is 0. The van der Waals surface area contributed by atoms with Gasteiger partial charge in [-0.2, -0.15) is 0 Å². The quantitative estimate of drug-likeness (QED) is 0.567. The molecule has 0 aliphatic heterocycles. The topological polar surface area (TPSA) is 60.7 Å². The number of benzene rings is 1. The van der Waals surface area contributed by atoms with Gasteiger partial charge < -0.3 is 18.0 Å². The smallest absolute Gasteiger partial charge is 0.388 e. The van der Waals surface area contributed by atoms with E-state index in [2.05, 4.69) is 0 Å². The third-order valence-corrected chi connectivity index (χ3v) is 6.20. The predicted molar refractivity (Wildman–Crippen MR) is 72.6 cm³/mol. The Morgan fingerprint density at radius 3 is 2.05 bits per heavy atom. The maximum Gasteiger partial charge on any atom is 0.503 e. The van der Waals surface area contributed by atoms with Crippen LogP contribution in [0.3, 0.4) is 0 Å². The molecule has 19 heavy (non-hydrogen) atoms. The second kappa shape index (κ2) is 7.26.